The topological polar surface area (TPSA) is 44.9 Å². The molecule has 3 nitrogen and oxygen atoms in total. The summed E-state index contributed by atoms with van der Waals surface area (Å²) < 4.78 is 0. The summed E-state index contributed by atoms with van der Waals surface area (Å²) in [6, 6.07) is 8.03. The Hall–Kier alpha value is -2.03. The molecule has 0 unspecified atom stereocenters. The Morgan fingerprint density at radius 3 is 2.33 bits per heavy atom. The van der Waals surface area contributed by atoms with Crippen molar-refractivity contribution in [2.75, 3.05) is 5.32 Å². The molecule has 2 N–H and O–H groups in total. The van der Waals surface area contributed by atoms with Gasteiger partial charge >= 0.3 is 0 Å². The highest BCUT2D eigenvalue weighted by atomic mass is 16.1. The van der Waals surface area contributed by atoms with Crippen molar-refractivity contribution in [1.82, 2.24) is 4.98 Å². The Balaban J connectivity index is 2.02. The maximum absolute atomic E-state index is 11.9. The van der Waals surface area contributed by atoms with Gasteiger partial charge in [-0.1, -0.05) is 6.07 Å². The van der Waals surface area contributed by atoms with Gasteiger partial charge in [0.05, 0.1) is 6.42 Å². The lowest BCUT2D eigenvalue weighted by Crippen LogP contribution is -2.14. The molecule has 94 valence electrons. The van der Waals surface area contributed by atoms with Crippen LogP contribution in [-0.2, 0) is 11.2 Å². The molecule has 0 saturated carbocycles. The van der Waals surface area contributed by atoms with Crippen molar-refractivity contribution in [3.8, 4) is 0 Å². The lowest BCUT2D eigenvalue weighted by atomic mass is 10.1. The van der Waals surface area contributed by atoms with Crippen molar-refractivity contribution in [3.05, 3.63) is 52.8 Å². The Kier molecular flexibility index (Phi) is 3.51. The lowest BCUT2D eigenvalue weighted by Gasteiger charge is -2.06. The number of aromatic nitrogens is 1. The molecule has 1 aromatic heterocycles. The summed E-state index contributed by atoms with van der Waals surface area (Å²) in [5, 5.41) is 2.93. The van der Waals surface area contributed by atoms with E-state index in [1.54, 1.807) is 0 Å². The number of H-pyrrole nitrogens is 1. The third kappa shape index (κ3) is 3.23. The van der Waals surface area contributed by atoms with Crippen LogP contribution in [-0.4, -0.2) is 10.9 Å². The first-order valence-electron chi connectivity index (χ1n) is 6.05. The fraction of sp³-hybridized carbons (Fsp3) is 0.267. The quantitative estimate of drug-likeness (QED) is 0.853. The lowest BCUT2D eigenvalue weighted by molar-refractivity contribution is -0.115. The van der Waals surface area contributed by atoms with Crippen LogP contribution in [0.1, 0.15) is 22.4 Å². The number of carbonyl (C=O) groups excluding carboxylic acids is 1. The first-order chi connectivity index (χ1) is 8.52. The van der Waals surface area contributed by atoms with E-state index in [1.165, 1.54) is 0 Å². The molecule has 0 spiro atoms. The molecule has 0 fully saturated rings. The van der Waals surface area contributed by atoms with Crippen LogP contribution in [0.2, 0.25) is 0 Å². The first-order valence-corrected chi connectivity index (χ1v) is 6.05. The molecule has 18 heavy (non-hydrogen) atoms. The molecular formula is C15H18N2O. The summed E-state index contributed by atoms with van der Waals surface area (Å²) in [5.41, 5.74) is 5.26. The minimum Gasteiger partial charge on any atom is -0.365 e. The van der Waals surface area contributed by atoms with Gasteiger partial charge in [0.2, 0.25) is 5.91 Å². The van der Waals surface area contributed by atoms with Gasteiger partial charge in [0, 0.05) is 17.6 Å². The van der Waals surface area contributed by atoms with Crippen LogP contribution in [0.25, 0.3) is 0 Å². The molecule has 2 aromatic rings. The maximum Gasteiger partial charge on any atom is 0.228 e. The monoisotopic (exact) mass is 242 g/mol. The predicted molar refractivity (Wildman–Crippen MR) is 73.8 cm³/mol. The SMILES string of the molecule is Cc1cc(C)cc(NC(=O)Cc2c[nH]c(C)c2)c1. The maximum atomic E-state index is 11.9. The number of carbonyl (C=O) groups is 1. The molecule has 0 aliphatic rings. The van der Waals surface area contributed by atoms with E-state index in [2.05, 4.69) is 16.4 Å². The van der Waals surface area contributed by atoms with Crippen LogP contribution in [0.5, 0.6) is 0 Å². The predicted octanol–water partition coefficient (Wildman–Crippen LogP) is 3.12. The van der Waals surface area contributed by atoms with Gasteiger partial charge in [0.25, 0.3) is 0 Å². The van der Waals surface area contributed by atoms with E-state index in [-0.39, 0.29) is 5.91 Å². The molecule has 0 radical (unpaired) electrons. The third-order valence-corrected chi connectivity index (χ3v) is 2.76. The zero-order chi connectivity index (χ0) is 13.1. The van der Waals surface area contributed by atoms with Gasteiger partial charge < -0.3 is 10.3 Å². The standard InChI is InChI=1S/C15H18N2O/c1-10-4-11(2)6-14(5-10)17-15(18)8-13-7-12(3)16-9-13/h4-7,9,16H,8H2,1-3H3,(H,17,18). The average Bonchev–Trinajstić information content (AvgIpc) is 2.61. The van der Waals surface area contributed by atoms with E-state index in [4.69, 9.17) is 0 Å². The fourth-order valence-corrected chi connectivity index (χ4v) is 2.11. The fourth-order valence-electron chi connectivity index (χ4n) is 2.11. The number of amides is 1. The summed E-state index contributed by atoms with van der Waals surface area (Å²) >= 11 is 0. The van der Waals surface area contributed by atoms with Crippen molar-refractivity contribution in [3.63, 3.8) is 0 Å². The van der Waals surface area contributed by atoms with E-state index in [1.807, 2.05) is 45.2 Å². The number of rotatable bonds is 3. The summed E-state index contributed by atoms with van der Waals surface area (Å²) in [6.07, 6.45) is 2.27. The smallest absolute Gasteiger partial charge is 0.228 e. The molecule has 1 aromatic carbocycles. The largest absolute Gasteiger partial charge is 0.365 e. The minimum absolute atomic E-state index is 0.0130. The molecule has 0 bridgehead atoms. The molecule has 0 saturated heterocycles. The normalized spacial score (nSPS) is 10.4. The molecule has 1 heterocycles. The Morgan fingerprint density at radius 1 is 1.11 bits per heavy atom. The number of aromatic amines is 1. The van der Waals surface area contributed by atoms with Crippen LogP contribution in [0.15, 0.2) is 30.5 Å². The van der Waals surface area contributed by atoms with Crippen molar-refractivity contribution >= 4 is 11.6 Å². The second kappa shape index (κ2) is 5.08. The number of hydrogen-bond donors (Lipinski definition) is 2. The Labute approximate surface area is 107 Å². The van der Waals surface area contributed by atoms with E-state index < -0.39 is 0 Å². The number of nitrogens with one attached hydrogen (secondary N) is 2. The van der Waals surface area contributed by atoms with Gasteiger partial charge in [0.1, 0.15) is 0 Å². The van der Waals surface area contributed by atoms with Crippen molar-refractivity contribution in [2.24, 2.45) is 0 Å². The van der Waals surface area contributed by atoms with E-state index in [0.29, 0.717) is 6.42 Å². The van der Waals surface area contributed by atoms with E-state index >= 15 is 0 Å². The first kappa shape index (κ1) is 12.4. The van der Waals surface area contributed by atoms with Crippen LogP contribution in [0, 0.1) is 20.8 Å². The number of anilines is 1. The van der Waals surface area contributed by atoms with Gasteiger partial charge in [-0.2, -0.15) is 0 Å². The number of benzene rings is 1. The van der Waals surface area contributed by atoms with Crippen LogP contribution < -0.4 is 5.32 Å². The third-order valence-electron chi connectivity index (χ3n) is 2.76. The summed E-state index contributed by atoms with van der Waals surface area (Å²) in [5.74, 6) is 0.0130. The highest BCUT2D eigenvalue weighted by Gasteiger charge is 2.05. The molecule has 0 aliphatic heterocycles. The minimum atomic E-state index is 0.0130. The van der Waals surface area contributed by atoms with Gasteiger partial charge in [-0.05, 0) is 55.7 Å². The second-order valence-electron chi connectivity index (χ2n) is 4.79. The van der Waals surface area contributed by atoms with E-state index in [0.717, 1.165) is 28.1 Å². The molecule has 3 heteroatoms. The Morgan fingerprint density at radius 2 is 1.78 bits per heavy atom. The number of aryl methyl sites for hydroxylation is 3. The zero-order valence-electron chi connectivity index (χ0n) is 11.0. The highest BCUT2D eigenvalue weighted by Crippen LogP contribution is 2.14. The second-order valence-corrected chi connectivity index (χ2v) is 4.79. The van der Waals surface area contributed by atoms with Crippen LogP contribution in [0.4, 0.5) is 5.69 Å². The van der Waals surface area contributed by atoms with Gasteiger partial charge in [-0.15, -0.1) is 0 Å². The number of hydrogen-bond acceptors (Lipinski definition) is 1. The van der Waals surface area contributed by atoms with Gasteiger partial charge in [-0.3, -0.25) is 4.79 Å². The van der Waals surface area contributed by atoms with Crippen LogP contribution in [0.3, 0.4) is 0 Å². The molecule has 0 atom stereocenters. The van der Waals surface area contributed by atoms with Crippen molar-refractivity contribution < 1.29 is 4.79 Å². The molecule has 0 aliphatic carbocycles. The van der Waals surface area contributed by atoms with Gasteiger partial charge in [-0.25, -0.2) is 0 Å². The molecule has 2 rings (SSSR count). The highest BCUT2D eigenvalue weighted by molar-refractivity contribution is 5.92. The Bertz CT molecular complexity index is 549. The zero-order valence-corrected chi connectivity index (χ0v) is 11.0. The summed E-state index contributed by atoms with van der Waals surface area (Å²) in [4.78, 5) is 15.0. The average molecular weight is 242 g/mol. The summed E-state index contributed by atoms with van der Waals surface area (Å²) in [6.45, 7) is 6.03. The van der Waals surface area contributed by atoms with E-state index in [9.17, 15) is 4.79 Å². The van der Waals surface area contributed by atoms with Gasteiger partial charge in [0.15, 0.2) is 0 Å². The van der Waals surface area contributed by atoms with Crippen molar-refractivity contribution in [1.29, 1.82) is 0 Å². The van der Waals surface area contributed by atoms with Crippen LogP contribution >= 0.6 is 0 Å². The molecular weight excluding hydrogens is 224 g/mol. The summed E-state index contributed by atoms with van der Waals surface area (Å²) in [7, 11) is 0. The van der Waals surface area contributed by atoms with Crippen molar-refractivity contribution in [2.45, 2.75) is 27.2 Å². The molecule has 1 amide bonds.